The van der Waals surface area contributed by atoms with Crippen molar-refractivity contribution in [3.05, 3.63) is 0 Å². The third kappa shape index (κ3) is 5.04. The number of carboxylic acid groups (broad SMARTS) is 1. The molecule has 7 nitrogen and oxygen atoms in total. The largest absolute Gasteiger partial charge is 0.480 e. The highest BCUT2D eigenvalue weighted by Gasteiger charge is 2.25. The molecule has 0 saturated carbocycles. The van der Waals surface area contributed by atoms with E-state index in [9.17, 15) is 9.59 Å². The van der Waals surface area contributed by atoms with E-state index in [-0.39, 0.29) is 19.1 Å². The highest BCUT2D eigenvalue weighted by atomic mass is 16.4. The smallest absolute Gasteiger partial charge is 0.326 e. The molecule has 1 unspecified atom stereocenters. The fraction of sp³-hybridized carbons (Fsp3) is 0.833. The van der Waals surface area contributed by atoms with Crippen molar-refractivity contribution in [3.63, 3.8) is 0 Å². The number of amides is 2. The van der Waals surface area contributed by atoms with Crippen LogP contribution in [-0.4, -0.2) is 77.4 Å². The van der Waals surface area contributed by atoms with Crippen LogP contribution in [0.4, 0.5) is 4.79 Å². The number of hydrogen-bond donors (Lipinski definition) is 3. The predicted molar refractivity (Wildman–Crippen MR) is 70.0 cm³/mol. The summed E-state index contributed by atoms with van der Waals surface area (Å²) in [4.78, 5) is 26.7. The number of carbonyl (C=O) groups excluding carboxylic acids is 1. The van der Waals surface area contributed by atoms with Crippen LogP contribution in [-0.2, 0) is 4.79 Å². The first-order valence-electron chi connectivity index (χ1n) is 6.70. The number of piperazine rings is 1. The summed E-state index contributed by atoms with van der Waals surface area (Å²) in [5.74, 6) is -1.12. The average Bonchev–Trinajstić information content (AvgIpc) is 2.39. The number of hydrogen-bond acceptors (Lipinski definition) is 4. The Balaban J connectivity index is 2.39. The molecule has 0 radical (unpaired) electrons. The van der Waals surface area contributed by atoms with E-state index >= 15 is 0 Å². The highest BCUT2D eigenvalue weighted by Crippen LogP contribution is 2.03. The average molecular weight is 273 g/mol. The molecule has 1 heterocycles. The zero-order valence-corrected chi connectivity index (χ0v) is 11.3. The van der Waals surface area contributed by atoms with E-state index in [1.165, 1.54) is 0 Å². The van der Waals surface area contributed by atoms with Gasteiger partial charge in [-0.25, -0.2) is 9.59 Å². The van der Waals surface area contributed by atoms with Crippen molar-refractivity contribution in [2.45, 2.75) is 25.8 Å². The maximum absolute atomic E-state index is 11.9. The first-order valence-corrected chi connectivity index (χ1v) is 6.70. The Hall–Kier alpha value is -1.34. The van der Waals surface area contributed by atoms with E-state index in [0.29, 0.717) is 13.1 Å². The number of aliphatic carboxylic acids is 1. The summed E-state index contributed by atoms with van der Waals surface area (Å²) in [6.07, 6.45) is 1.11. The van der Waals surface area contributed by atoms with Gasteiger partial charge in [0.2, 0.25) is 0 Å². The Morgan fingerprint density at radius 3 is 2.37 bits per heavy atom. The Morgan fingerprint density at radius 1 is 1.26 bits per heavy atom. The zero-order valence-electron chi connectivity index (χ0n) is 11.3. The minimum absolute atomic E-state index is 0.0247. The molecule has 110 valence electrons. The van der Waals surface area contributed by atoms with Crippen molar-refractivity contribution in [2.24, 2.45) is 0 Å². The molecular formula is C12H23N3O4. The van der Waals surface area contributed by atoms with Crippen molar-refractivity contribution >= 4 is 12.0 Å². The molecule has 2 amide bonds. The SMILES string of the molecule is CCCN1CCN(C(=O)NC(CCO)C(=O)O)CC1. The third-order valence-corrected chi connectivity index (χ3v) is 3.21. The summed E-state index contributed by atoms with van der Waals surface area (Å²) in [5.41, 5.74) is 0. The topological polar surface area (TPSA) is 93.1 Å². The van der Waals surface area contributed by atoms with E-state index in [2.05, 4.69) is 17.1 Å². The lowest BCUT2D eigenvalue weighted by atomic mass is 10.2. The first kappa shape index (κ1) is 15.7. The lowest BCUT2D eigenvalue weighted by Gasteiger charge is -2.35. The van der Waals surface area contributed by atoms with Gasteiger partial charge in [-0.05, 0) is 13.0 Å². The van der Waals surface area contributed by atoms with Crippen LogP contribution in [0.3, 0.4) is 0 Å². The van der Waals surface area contributed by atoms with Gasteiger partial charge in [-0.2, -0.15) is 0 Å². The second-order valence-corrected chi connectivity index (χ2v) is 4.68. The van der Waals surface area contributed by atoms with Gasteiger partial charge in [0, 0.05) is 39.2 Å². The van der Waals surface area contributed by atoms with Gasteiger partial charge in [0.15, 0.2) is 0 Å². The Kier molecular flexibility index (Phi) is 6.58. The molecule has 0 bridgehead atoms. The molecule has 3 N–H and O–H groups in total. The van der Waals surface area contributed by atoms with Crippen LogP contribution in [0.1, 0.15) is 19.8 Å². The molecule has 0 spiro atoms. The van der Waals surface area contributed by atoms with E-state index in [4.69, 9.17) is 10.2 Å². The normalized spacial score (nSPS) is 18.1. The van der Waals surface area contributed by atoms with Crippen molar-refractivity contribution < 1.29 is 19.8 Å². The van der Waals surface area contributed by atoms with Crippen molar-refractivity contribution in [1.29, 1.82) is 0 Å². The number of carboxylic acids is 1. The number of aliphatic hydroxyl groups is 1. The molecular weight excluding hydrogens is 250 g/mol. The maximum atomic E-state index is 11.9. The molecule has 1 rings (SSSR count). The zero-order chi connectivity index (χ0) is 14.3. The van der Waals surface area contributed by atoms with Crippen LogP contribution in [0.5, 0.6) is 0 Å². The van der Waals surface area contributed by atoms with Gasteiger partial charge in [-0.3, -0.25) is 4.90 Å². The van der Waals surface area contributed by atoms with Crippen LogP contribution in [0.25, 0.3) is 0 Å². The molecule has 1 aliphatic heterocycles. The first-order chi connectivity index (χ1) is 9.08. The monoisotopic (exact) mass is 273 g/mol. The molecule has 0 aromatic rings. The van der Waals surface area contributed by atoms with Crippen molar-refractivity contribution in [1.82, 2.24) is 15.1 Å². The minimum atomic E-state index is -1.12. The van der Waals surface area contributed by atoms with Gasteiger partial charge in [-0.15, -0.1) is 0 Å². The molecule has 1 saturated heterocycles. The summed E-state index contributed by atoms with van der Waals surface area (Å²) in [5, 5.41) is 20.1. The predicted octanol–water partition coefficient (Wildman–Crippen LogP) is -0.441. The molecule has 7 heteroatoms. The summed E-state index contributed by atoms with van der Waals surface area (Å²) >= 11 is 0. The second-order valence-electron chi connectivity index (χ2n) is 4.68. The molecule has 1 aliphatic rings. The number of carbonyl (C=O) groups is 2. The lowest BCUT2D eigenvalue weighted by molar-refractivity contribution is -0.139. The molecule has 1 fully saturated rings. The summed E-state index contributed by atoms with van der Waals surface area (Å²) in [6.45, 7) is 5.73. The molecule has 0 aliphatic carbocycles. The maximum Gasteiger partial charge on any atom is 0.326 e. The third-order valence-electron chi connectivity index (χ3n) is 3.21. The van der Waals surface area contributed by atoms with Crippen LogP contribution in [0.15, 0.2) is 0 Å². The minimum Gasteiger partial charge on any atom is -0.480 e. The second kappa shape index (κ2) is 7.96. The molecule has 0 aromatic heterocycles. The summed E-state index contributed by atoms with van der Waals surface area (Å²) in [6, 6.07) is -1.39. The summed E-state index contributed by atoms with van der Waals surface area (Å²) < 4.78 is 0. The quantitative estimate of drug-likeness (QED) is 0.610. The Bertz CT molecular complexity index is 303. The summed E-state index contributed by atoms with van der Waals surface area (Å²) in [7, 11) is 0. The van der Waals surface area contributed by atoms with Gasteiger partial charge < -0.3 is 20.4 Å². The van der Waals surface area contributed by atoms with Gasteiger partial charge in [-0.1, -0.05) is 6.92 Å². The molecule has 1 atom stereocenters. The number of nitrogens with zero attached hydrogens (tertiary/aromatic N) is 2. The van der Waals surface area contributed by atoms with Crippen LogP contribution in [0, 0.1) is 0 Å². The Labute approximate surface area is 113 Å². The fourth-order valence-electron chi connectivity index (χ4n) is 2.12. The van der Waals surface area contributed by atoms with Crippen LogP contribution < -0.4 is 5.32 Å². The number of nitrogens with one attached hydrogen (secondary N) is 1. The number of aliphatic hydroxyl groups excluding tert-OH is 1. The van der Waals surface area contributed by atoms with Crippen LogP contribution >= 0.6 is 0 Å². The van der Waals surface area contributed by atoms with Gasteiger partial charge >= 0.3 is 12.0 Å². The molecule has 19 heavy (non-hydrogen) atoms. The van der Waals surface area contributed by atoms with E-state index in [1.54, 1.807) is 4.90 Å². The van der Waals surface area contributed by atoms with Gasteiger partial charge in [0.25, 0.3) is 0 Å². The fourth-order valence-corrected chi connectivity index (χ4v) is 2.12. The van der Waals surface area contributed by atoms with E-state index in [1.807, 2.05) is 0 Å². The Morgan fingerprint density at radius 2 is 1.89 bits per heavy atom. The van der Waals surface area contributed by atoms with Crippen LogP contribution in [0.2, 0.25) is 0 Å². The lowest BCUT2D eigenvalue weighted by Crippen LogP contribution is -2.54. The standard InChI is InChI=1S/C12H23N3O4/c1-2-4-14-5-7-15(8-6-14)12(19)13-10(3-9-16)11(17)18/h10,16H,2-9H2,1H3,(H,13,19)(H,17,18). The number of urea groups is 1. The number of rotatable bonds is 6. The van der Waals surface area contributed by atoms with Gasteiger partial charge in [0.1, 0.15) is 6.04 Å². The van der Waals surface area contributed by atoms with E-state index in [0.717, 1.165) is 26.1 Å². The highest BCUT2D eigenvalue weighted by molar-refractivity contribution is 5.82. The van der Waals surface area contributed by atoms with Crippen molar-refractivity contribution in [2.75, 3.05) is 39.3 Å². The molecule has 0 aromatic carbocycles. The van der Waals surface area contributed by atoms with Crippen molar-refractivity contribution in [3.8, 4) is 0 Å². The van der Waals surface area contributed by atoms with E-state index < -0.39 is 12.0 Å². The van der Waals surface area contributed by atoms with Gasteiger partial charge in [0.05, 0.1) is 0 Å².